The first-order valence-corrected chi connectivity index (χ1v) is 9.21. The Morgan fingerprint density at radius 3 is 2.76 bits per heavy atom. The van der Waals surface area contributed by atoms with E-state index in [1.54, 1.807) is 17.6 Å². The average Bonchev–Trinajstić information content (AvgIpc) is 2.97. The van der Waals surface area contributed by atoms with Crippen molar-refractivity contribution in [1.82, 2.24) is 5.32 Å². The molecule has 1 N–H and O–H groups in total. The fraction of sp³-hybridized carbons (Fsp3) is 0.667. The second-order valence-electron chi connectivity index (χ2n) is 4.76. The highest BCUT2D eigenvalue weighted by molar-refractivity contribution is 9.11. The minimum absolute atomic E-state index is 0.312. The van der Waals surface area contributed by atoms with E-state index < -0.39 is 10.8 Å². The highest BCUT2D eigenvalue weighted by Crippen LogP contribution is 2.43. The van der Waals surface area contributed by atoms with Crippen LogP contribution in [0.1, 0.15) is 30.7 Å². The molecule has 1 fully saturated rings. The summed E-state index contributed by atoms with van der Waals surface area (Å²) in [6.45, 7) is 2.12. The summed E-state index contributed by atoms with van der Waals surface area (Å²) >= 11 is 5.32. The van der Waals surface area contributed by atoms with Crippen LogP contribution in [0.2, 0.25) is 0 Å². The fourth-order valence-corrected chi connectivity index (χ4v) is 4.46. The number of rotatable bonds is 6. The van der Waals surface area contributed by atoms with Gasteiger partial charge in [0.05, 0.1) is 3.79 Å². The number of hydrogen-bond donors (Lipinski definition) is 1. The van der Waals surface area contributed by atoms with Crippen LogP contribution in [0.3, 0.4) is 0 Å². The fourth-order valence-electron chi connectivity index (χ4n) is 2.08. The Morgan fingerprint density at radius 2 is 2.29 bits per heavy atom. The summed E-state index contributed by atoms with van der Waals surface area (Å²) in [5.41, 5.74) is 0. The van der Waals surface area contributed by atoms with Crippen LogP contribution in [0, 0.1) is 5.92 Å². The molecule has 1 aromatic heterocycles. The van der Waals surface area contributed by atoms with Gasteiger partial charge >= 0.3 is 0 Å². The first kappa shape index (κ1) is 13.7. The summed E-state index contributed by atoms with van der Waals surface area (Å²) in [6.07, 6.45) is 4.40. The zero-order valence-corrected chi connectivity index (χ0v) is 13.3. The zero-order chi connectivity index (χ0) is 12.4. The van der Waals surface area contributed by atoms with Gasteiger partial charge in [0.2, 0.25) is 0 Å². The lowest BCUT2D eigenvalue weighted by atomic mass is 10.1. The minimum Gasteiger partial charge on any atom is -0.306 e. The molecule has 0 unspecified atom stereocenters. The molecule has 0 amide bonds. The van der Waals surface area contributed by atoms with E-state index in [-0.39, 0.29) is 0 Å². The lowest BCUT2D eigenvalue weighted by molar-refractivity contribution is 0.444. The van der Waals surface area contributed by atoms with Gasteiger partial charge < -0.3 is 5.32 Å². The Labute approximate surface area is 118 Å². The molecule has 0 aliphatic heterocycles. The molecular formula is C12H18BrNOS2. The lowest BCUT2D eigenvalue weighted by Gasteiger charge is -2.21. The van der Waals surface area contributed by atoms with E-state index in [0.29, 0.717) is 12.1 Å². The molecule has 1 aromatic rings. The van der Waals surface area contributed by atoms with Crippen LogP contribution in [0.15, 0.2) is 15.9 Å². The first-order chi connectivity index (χ1) is 8.06. The maximum atomic E-state index is 11.2. The molecule has 2 rings (SSSR count). The van der Waals surface area contributed by atoms with Gasteiger partial charge in [-0.3, -0.25) is 4.21 Å². The molecule has 1 heterocycles. The lowest BCUT2D eigenvalue weighted by Crippen LogP contribution is -2.35. The molecule has 1 aliphatic carbocycles. The maximum absolute atomic E-state index is 11.2. The number of hydrogen-bond acceptors (Lipinski definition) is 3. The van der Waals surface area contributed by atoms with Gasteiger partial charge in [-0.2, -0.15) is 0 Å². The predicted octanol–water partition coefficient (Wildman–Crippen LogP) is 3.32. The maximum Gasteiger partial charge on any atom is 0.0701 e. The van der Waals surface area contributed by atoms with Crippen LogP contribution >= 0.6 is 27.3 Å². The van der Waals surface area contributed by atoms with Crippen LogP contribution < -0.4 is 5.32 Å². The van der Waals surface area contributed by atoms with E-state index in [1.165, 1.54) is 21.5 Å². The van der Waals surface area contributed by atoms with Gasteiger partial charge in [0, 0.05) is 39.8 Å². The minimum atomic E-state index is -0.724. The first-order valence-electron chi connectivity index (χ1n) is 5.87. The summed E-state index contributed by atoms with van der Waals surface area (Å²) in [5.74, 6) is 1.50. The van der Waals surface area contributed by atoms with Crippen LogP contribution in [0.4, 0.5) is 0 Å². The van der Waals surface area contributed by atoms with Gasteiger partial charge in [0.1, 0.15) is 0 Å². The molecule has 0 aromatic carbocycles. The highest BCUT2D eigenvalue weighted by Gasteiger charge is 2.33. The van der Waals surface area contributed by atoms with Crippen molar-refractivity contribution in [3.63, 3.8) is 0 Å². The molecule has 17 heavy (non-hydrogen) atoms. The van der Waals surface area contributed by atoms with E-state index in [9.17, 15) is 4.21 Å². The standard InChI is InChI=1S/C12H18BrNOS2/c1-8(7-17(2)15)14-12(9-3-4-9)10-5-6-11(13)16-10/h5-6,8-9,12,14H,3-4,7H2,1-2H3/t8-,12+,17-/m1/s1. The second-order valence-corrected chi connectivity index (χ2v) is 8.74. The van der Waals surface area contributed by atoms with Gasteiger partial charge in [0.15, 0.2) is 0 Å². The molecule has 3 atom stereocenters. The summed E-state index contributed by atoms with van der Waals surface area (Å²) in [4.78, 5) is 1.40. The van der Waals surface area contributed by atoms with E-state index in [2.05, 4.69) is 40.3 Å². The summed E-state index contributed by atoms with van der Waals surface area (Å²) in [7, 11) is -0.724. The molecule has 1 aliphatic rings. The van der Waals surface area contributed by atoms with E-state index >= 15 is 0 Å². The van der Waals surface area contributed by atoms with E-state index in [4.69, 9.17) is 0 Å². The van der Waals surface area contributed by atoms with Crippen molar-refractivity contribution in [3.8, 4) is 0 Å². The van der Waals surface area contributed by atoms with E-state index in [1.807, 2.05) is 0 Å². The van der Waals surface area contributed by atoms with Crippen molar-refractivity contribution in [2.75, 3.05) is 12.0 Å². The normalized spacial score (nSPS) is 21.1. The van der Waals surface area contributed by atoms with Gasteiger partial charge in [-0.1, -0.05) is 0 Å². The largest absolute Gasteiger partial charge is 0.306 e. The Kier molecular flexibility index (Phi) is 4.80. The summed E-state index contributed by atoms with van der Waals surface area (Å²) in [6, 6.07) is 5.07. The van der Waals surface area contributed by atoms with Crippen molar-refractivity contribution in [2.45, 2.75) is 31.8 Å². The van der Waals surface area contributed by atoms with Crippen molar-refractivity contribution in [3.05, 3.63) is 20.8 Å². The summed E-state index contributed by atoms with van der Waals surface area (Å²) in [5, 5.41) is 3.64. The molecule has 5 heteroatoms. The van der Waals surface area contributed by atoms with Crippen molar-refractivity contribution >= 4 is 38.1 Å². The Morgan fingerprint density at radius 1 is 1.59 bits per heavy atom. The van der Waals surface area contributed by atoms with Gasteiger partial charge in [-0.15, -0.1) is 11.3 Å². The molecule has 96 valence electrons. The van der Waals surface area contributed by atoms with Gasteiger partial charge in [0.25, 0.3) is 0 Å². The van der Waals surface area contributed by atoms with Crippen LogP contribution in [-0.4, -0.2) is 22.3 Å². The SMILES string of the molecule is C[C@H](C[S@@](C)=O)N[C@H](c1ccc(Br)s1)C1CC1. The Bertz CT molecular complexity index is 403. The quantitative estimate of drug-likeness (QED) is 0.863. The molecule has 0 spiro atoms. The molecule has 1 saturated carbocycles. The van der Waals surface area contributed by atoms with Crippen LogP contribution in [0.25, 0.3) is 0 Å². The predicted molar refractivity (Wildman–Crippen MR) is 79.0 cm³/mol. The van der Waals surface area contributed by atoms with Crippen molar-refractivity contribution in [1.29, 1.82) is 0 Å². The van der Waals surface area contributed by atoms with Crippen LogP contribution in [0.5, 0.6) is 0 Å². The monoisotopic (exact) mass is 335 g/mol. The van der Waals surface area contributed by atoms with Gasteiger partial charge in [-0.25, -0.2) is 0 Å². The topological polar surface area (TPSA) is 29.1 Å². The third-order valence-corrected chi connectivity index (χ3v) is 5.62. The van der Waals surface area contributed by atoms with Crippen LogP contribution in [-0.2, 0) is 10.8 Å². The molecule has 0 radical (unpaired) electrons. The molecular weight excluding hydrogens is 318 g/mol. The molecule has 0 bridgehead atoms. The third kappa shape index (κ3) is 4.16. The van der Waals surface area contributed by atoms with Crippen molar-refractivity contribution < 1.29 is 4.21 Å². The Hall–Kier alpha value is 0.290. The number of nitrogens with one attached hydrogen (secondary N) is 1. The number of thiophene rings is 1. The molecule has 0 saturated heterocycles. The zero-order valence-electron chi connectivity index (χ0n) is 10.1. The smallest absolute Gasteiger partial charge is 0.0701 e. The molecule has 2 nitrogen and oxygen atoms in total. The van der Waals surface area contributed by atoms with Crippen molar-refractivity contribution in [2.24, 2.45) is 5.92 Å². The average molecular weight is 336 g/mol. The number of halogens is 1. The van der Waals surface area contributed by atoms with E-state index in [0.717, 1.165) is 11.7 Å². The third-order valence-electron chi connectivity index (χ3n) is 2.94. The van der Waals surface area contributed by atoms with Gasteiger partial charge in [-0.05, 0) is 53.7 Å². The summed E-state index contributed by atoms with van der Waals surface area (Å²) < 4.78 is 12.4. The highest BCUT2D eigenvalue weighted by atomic mass is 79.9. The second kappa shape index (κ2) is 5.95. The Balaban J connectivity index is 2.00.